The van der Waals surface area contributed by atoms with Crippen LogP contribution >= 0.6 is 0 Å². The molecule has 4 aromatic rings. The van der Waals surface area contributed by atoms with Gasteiger partial charge < -0.3 is 15.5 Å². The number of carboxylic acids is 1. The summed E-state index contributed by atoms with van der Waals surface area (Å²) in [6.07, 6.45) is -6.06. The number of anilines is 1. The van der Waals surface area contributed by atoms with Gasteiger partial charge in [-0.05, 0) is 60.5 Å². The average molecular weight is 526 g/mol. The van der Waals surface area contributed by atoms with E-state index >= 15 is 0 Å². The summed E-state index contributed by atoms with van der Waals surface area (Å²) in [5.74, 6) is -3.20. The van der Waals surface area contributed by atoms with Crippen molar-refractivity contribution in [2.24, 2.45) is 5.92 Å². The van der Waals surface area contributed by atoms with Crippen LogP contribution in [0.3, 0.4) is 0 Å². The fourth-order valence-electron chi connectivity index (χ4n) is 3.86. The van der Waals surface area contributed by atoms with Crippen LogP contribution in [0.1, 0.15) is 34.0 Å². The molecule has 0 aliphatic carbocycles. The van der Waals surface area contributed by atoms with E-state index in [0.717, 1.165) is 28.9 Å². The first-order chi connectivity index (χ1) is 18.0. The van der Waals surface area contributed by atoms with Crippen LogP contribution in [-0.4, -0.2) is 37.1 Å². The van der Waals surface area contributed by atoms with Crippen molar-refractivity contribution >= 4 is 28.5 Å². The Bertz CT molecular complexity index is 1520. The fraction of sp³-hybridized carbons (Fsp3) is 0.192. The third-order valence-corrected chi connectivity index (χ3v) is 5.96. The lowest BCUT2D eigenvalue weighted by Gasteiger charge is -2.20. The molecule has 1 aromatic heterocycles. The summed E-state index contributed by atoms with van der Waals surface area (Å²) in [5.41, 5.74) is -0.341. The maximum Gasteiger partial charge on any atom is 0.416 e. The van der Waals surface area contributed by atoms with Crippen molar-refractivity contribution < 1.29 is 33.0 Å². The Kier molecular flexibility index (Phi) is 7.53. The summed E-state index contributed by atoms with van der Waals surface area (Å²) in [5, 5.41) is 31.1. The number of fused-ring (bicyclic) bond motifs is 1. The largest absolute Gasteiger partial charge is 0.481 e. The molecule has 1 amide bonds. The summed E-state index contributed by atoms with van der Waals surface area (Å²) >= 11 is 0. The second-order valence-corrected chi connectivity index (χ2v) is 8.46. The molecule has 0 aliphatic rings. The third kappa shape index (κ3) is 5.86. The molecule has 1 heterocycles. The number of nitrogens with one attached hydrogen (secondary N) is 1. The topological polar surface area (TPSA) is 134 Å². The molecule has 38 heavy (non-hydrogen) atoms. The number of hydrogen-bond acceptors (Lipinski definition) is 6. The number of carbonyl (C=O) groups excluding carboxylic acids is 1. The molecule has 0 saturated carbocycles. The van der Waals surface area contributed by atoms with Crippen LogP contribution in [0.25, 0.3) is 10.9 Å². The van der Waals surface area contributed by atoms with Gasteiger partial charge in [0.2, 0.25) is 0 Å². The molecular formula is C26H21F3N4O5. The van der Waals surface area contributed by atoms with E-state index in [1.165, 1.54) is 24.3 Å². The molecule has 0 radical (unpaired) electrons. The number of alkyl halides is 3. The van der Waals surface area contributed by atoms with Gasteiger partial charge in [0.05, 0.1) is 23.0 Å². The molecule has 3 aromatic carbocycles. The number of carboxylic acid groups (broad SMARTS) is 1. The Morgan fingerprint density at radius 3 is 2.26 bits per heavy atom. The second kappa shape index (κ2) is 10.8. The van der Waals surface area contributed by atoms with Crippen molar-refractivity contribution in [3.05, 3.63) is 99.8 Å². The van der Waals surface area contributed by atoms with E-state index in [9.17, 15) is 37.8 Å². The van der Waals surface area contributed by atoms with Gasteiger partial charge in [0.15, 0.2) is 0 Å². The predicted octanol–water partition coefficient (Wildman–Crippen LogP) is 3.89. The minimum atomic E-state index is -4.52. The Hall–Kier alpha value is -4.58. The summed E-state index contributed by atoms with van der Waals surface area (Å²) < 4.78 is 39.2. The number of benzene rings is 3. The molecule has 2 atom stereocenters. The zero-order valence-electron chi connectivity index (χ0n) is 19.6. The van der Waals surface area contributed by atoms with E-state index in [-0.39, 0.29) is 29.8 Å². The molecule has 0 fully saturated rings. The van der Waals surface area contributed by atoms with Crippen LogP contribution in [0.2, 0.25) is 0 Å². The molecule has 0 bridgehead atoms. The molecular weight excluding hydrogens is 505 g/mol. The number of aryl methyl sites for hydroxylation is 1. The molecule has 0 unspecified atom stereocenters. The standard InChI is InChI=1S/C26H21F3N4O5/c27-26(28,29)17-9-5-16(6-10-17)23(35)30-18-11-7-15(8-12-18)22(34)20(25(37)38)13-14-33-24(36)19-3-1-2-4-21(19)31-32-33/h1-12,20,22,34H,13-14H2,(H,30,35)(H,37,38)/t20-,22+/m0/s1. The van der Waals surface area contributed by atoms with E-state index in [4.69, 9.17) is 0 Å². The van der Waals surface area contributed by atoms with Crippen LogP contribution in [0.15, 0.2) is 77.6 Å². The molecule has 196 valence electrons. The molecule has 0 spiro atoms. The Morgan fingerprint density at radius 1 is 0.974 bits per heavy atom. The van der Waals surface area contributed by atoms with Crippen molar-refractivity contribution in [3.63, 3.8) is 0 Å². The lowest BCUT2D eigenvalue weighted by molar-refractivity contribution is -0.146. The van der Waals surface area contributed by atoms with Crippen LogP contribution in [0, 0.1) is 5.92 Å². The second-order valence-electron chi connectivity index (χ2n) is 8.46. The van der Waals surface area contributed by atoms with Gasteiger partial charge in [0, 0.05) is 17.8 Å². The van der Waals surface area contributed by atoms with Crippen molar-refractivity contribution in [2.75, 3.05) is 5.32 Å². The van der Waals surface area contributed by atoms with Gasteiger partial charge in [-0.25, -0.2) is 4.68 Å². The quantitative estimate of drug-likeness (QED) is 0.317. The van der Waals surface area contributed by atoms with Crippen molar-refractivity contribution in [1.82, 2.24) is 15.0 Å². The van der Waals surface area contributed by atoms with Gasteiger partial charge in [-0.1, -0.05) is 29.5 Å². The molecule has 0 saturated heterocycles. The number of aromatic nitrogens is 3. The average Bonchev–Trinajstić information content (AvgIpc) is 2.90. The zero-order valence-corrected chi connectivity index (χ0v) is 19.6. The summed E-state index contributed by atoms with van der Waals surface area (Å²) in [7, 11) is 0. The van der Waals surface area contributed by atoms with Gasteiger partial charge >= 0.3 is 12.1 Å². The van der Waals surface area contributed by atoms with Crippen LogP contribution < -0.4 is 10.9 Å². The normalized spacial score (nSPS) is 13.2. The Balaban J connectivity index is 1.42. The number of aliphatic hydroxyl groups is 1. The molecule has 4 rings (SSSR count). The zero-order chi connectivity index (χ0) is 27.4. The SMILES string of the molecule is O=C(Nc1ccc([C@@H](O)[C@H](CCn2nnc3ccccc3c2=O)C(=O)O)cc1)c1ccc(C(F)(F)F)cc1. The smallest absolute Gasteiger partial charge is 0.416 e. The number of hydrogen-bond donors (Lipinski definition) is 3. The fourth-order valence-corrected chi connectivity index (χ4v) is 3.86. The number of amides is 1. The highest BCUT2D eigenvalue weighted by atomic mass is 19.4. The summed E-state index contributed by atoms with van der Waals surface area (Å²) in [6, 6.07) is 16.0. The van der Waals surface area contributed by atoms with Gasteiger partial charge in [0.1, 0.15) is 5.52 Å². The first-order valence-corrected chi connectivity index (χ1v) is 11.4. The highest BCUT2D eigenvalue weighted by Gasteiger charge is 2.30. The van der Waals surface area contributed by atoms with Gasteiger partial charge in [-0.3, -0.25) is 14.4 Å². The van der Waals surface area contributed by atoms with E-state index in [2.05, 4.69) is 15.6 Å². The van der Waals surface area contributed by atoms with Gasteiger partial charge in [-0.2, -0.15) is 13.2 Å². The number of aliphatic carboxylic acids is 1. The summed E-state index contributed by atoms with van der Waals surface area (Å²) in [4.78, 5) is 36.8. The van der Waals surface area contributed by atoms with Crippen molar-refractivity contribution in [2.45, 2.75) is 25.2 Å². The number of aliphatic hydroxyl groups excluding tert-OH is 1. The van der Waals surface area contributed by atoms with Crippen LogP contribution in [0.4, 0.5) is 18.9 Å². The molecule has 3 N–H and O–H groups in total. The Labute approximate surface area is 213 Å². The summed E-state index contributed by atoms with van der Waals surface area (Å²) in [6.45, 7) is -0.0913. The number of rotatable bonds is 8. The number of carbonyl (C=O) groups is 2. The third-order valence-electron chi connectivity index (χ3n) is 5.96. The van der Waals surface area contributed by atoms with Crippen LogP contribution in [-0.2, 0) is 17.5 Å². The molecule has 12 heteroatoms. The maximum absolute atomic E-state index is 12.7. The maximum atomic E-state index is 12.7. The van der Waals surface area contributed by atoms with Gasteiger partial charge in [0.25, 0.3) is 11.5 Å². The highest BCUT2D eigenvalue weighted by Crippen LogP contribution is 2.29. The first-order valence-electron chi connectivity index (χ1n) is 11.4. The van der Waals surface area contributed by atoms with Crippen molar-refractivity contribution in [3.8, 4) is 0 Å². The highest BCUT2D eigenvalue weighted by molar-refractivity contribution is 6.04. The number of nitrogens with zero attached hydrogens (tertiary/aromatic N) is 3. The minimum Gasteiger partial charge on any atom is -0.481 e. The lowest BCUT2D eigenvalue weighted by atomic mass is 9.92. The van der Waals surface area contributed by atoms with E-state index in [0.29, 0.717) is 10.9 Å². The lowest BCUT2D eigenvalue weighted by Crippen LogP contribution is -2.29. The van der Waals surface area contributed by atoms with Crippen molar-refractivity contribution in [1.29, 1.82) is 0 Å². The first kappa shape index (κ1) is 26.5. The van der Waals surface area contributed by atoms with Gasteiger partial charge in [-0.15, -0.1) is 5.10 Å². The predicted molar refractivity (Wildman–Crippen MR) is 130 cm³/mol. The monoisotopic (exact) mass is 526 g/mol. The van der Waals surface area contributed by atoms with Crippen LogP contribution in [0.5, 0.6) is 0 Å². The number of halogens is 3. The molecule has 0 aliphatic heterocycles. The molecule has 9 nitrogen and oxygen atoms in total. The van der Waals surface area contributed by atoms with E-state index < -0.39 is 41.2 Å². The Morgan fingerprint density at radius 2 is 1.63 bits per heavy atom. The van der Waals surface area contributed by atoms with E-state index in [1.54, 1.807) is 24.3 Å². The minimum absolute atomic E-state index is 0.0140. The van der Waals surface area contributed by atoms with E-state index in [1.807, 2.05) is 0 Å².